The molecule has 134 valence electrons. The molecule has 0 spiro atoms. The fraction of sp³-hybridized carbons (Fsp3) is 0.316. The van der Waals surface area contributed by atoms with E-state index < -0.39 is 6.04 Å². The van der Waals surface area contributed by atoms with E-state index in [1.807, 2.05) is 31.2 Å². The number of fused-ring (bicyclic) bond motifs is 1. The summed E-state index contributed by atoms with van der Waals surface area (Å²) in [6.07, 6.45) is 2.56. The number of aromatic nitrogens is 1. The van der Waals surface area contributed by atoms with Crippen LogP contribution in [-0.4, -0.2) is 34.5 Å². The smallest absolute Gasteiger partial charge is 0.248 e. The van der Waals surface area contributed by atoms with Gasteiger partial charge in [0.05, 0.1) is 0 Å². The molecule has 1 fully saturated rings. The summed E-state index contributed by atoms with van der Waals surface area (Å²) in [7, 11) is 0. The molecule has 7 heteroatoms. The van der Waals surface area contributed by atoms with Crippen LogP contribution in [0.15, 0.2) is 36.5 Å². The minimum atomic E-state index is -0.504. The SMILES string of the molecule is Cc1ccc(NC(=O)C2CCC(=O)N2Cc2ccc3c(c2)OCO3)nc1. The molecule has 1 unspecified atom stereocenters. The van der Waals surface area contributed by atoms with Crippen LogP contribution in [0.4, 0.5) is 5.82 Å². The largest absolute Gasteiger partial charge is 0.454 e. The monoisotopic (exact) mass is 353 g/mol. The van der Waals surface area contributed by atoms with Gasteiger partial charge in [0.25, 0.3) is 0 Å². The molecule has 0 radical (unpaired) electrons. The molecule has 1 N–H and O–H groups in total. The number of amides is 2. The van der Waals surface area contributed by atoms with E-state index in [9.17, 15) is 9.59 Å². The van der Waals surface area contributed by atoms with E-state index in [0.29, 0.717) is 36.7 Å². The van der Waals surface area contributed by atoms with Gasteiger partial charge in [-0.3, -0.25) is 9.59 Å². The lowest BCUT2D eigenvalue weighted by Gasteiger charge is -2.24. The van der Waals surface area contributed by atoms with Crippen LogP contribution in [-0.2, 0) is 16.1 Å². The molecule has 2 amide bonds. The topological polar surface area (TPSA) is 80.8 Å². The average Bonchev–Trinajstić information content (AvgIpc) is 3.24. The highest BCUT2D eigenvalue weighted by atomic mass is 16.7. The molecule has 7 nitrogen and oxygen atoms in total. The summed E-state index contributed by atoms with van der Waals surface area (Å²) < 4.78 is 10.7. The van der Waals surface area contributed by atoms with Gasteiger partial charge in [-0.25, -0.2) is 4.98 Å². The number of anilines is 1. The zero-order valence-corrected chi connectivity index (χ0v) is 14.4. The van der Waals surface area contributed by atoms with Gasteiger partial charge in [0, 0.05) is 19.2 Å². The van der Waals surface area contributed by atoms with Gasteiger partial charge < -0.3 is 19.7 Å². The second kappa shape index (κ2) is 6.67. The third-order valence-corrected chi connectivity index (χ3v) is 4.58. The maximum Gasteiger partial charge on any atom is 0.248 e. The average molecular weight is 353 g/mol. The highest BCUT2D eigenvalue weighted by molar-refractivity contribution is 5.98. The van der Waals surface area contributed by atoms with Crippen molar-refractivity contribution in [3.63, 3.8) is 0 Å². The summed E-state index contributed by atoms with van der Waals surface area (Å²) in [5.41, 5.74) is 1.92. The molecule has 1 aromatic carbocycles. The van der Waals surface area contributed by atoms with Crippen molar-refractivity contribution in [1.29, 1.82) is 0 Å². The standard InChI is InChI=1S/C19H19N3O4/c1-12-2-6-17(20-9-12)21-19(24)14-4-7-18(23)22(14)10-13-3-5-15-16(8-13)26-11-25-15/h2-3,5-6,8-9,14H,4,7,10-11H2,1H3,(H,20,21,24). The number of rotatable bonds is 4. The Hall–Kier alpha value is -3.09. The fourth-order valence-corrected chi connectivity index (χ4v) is 3.19. The minimum absolute atomic E-state index is 0.0281. The van der Waals surface area contributed by atoms with Crippen LogP contribution in [0.5, 0.6) is 11.5 Å². The normalized spacial score (nSPS) is 18.3. The predicted octanol–water partition coefficient (Wildman–Crippen LogP) is 2.25. The summed E-state index contributed by atoms with van der Waals surface area (Å²) in [4.78, 5) is 30.7. The first-order valence-electron chi connectivity index (χ1n) is 8.52. The van der Waals surface area contributed by atoms with Crippen molar-refractivity contribution in [1.82, 2.24) is 9.88 Å². The van der Waals surface area contributed by atoms with E-state index in [4.69, 9.17) is 9.47 Å². The Morgan fingerprint density at radius 1 is 1.27 bits per heavy atom. The zero-order chi connectivity index (χ0) is 18.1. The summed E-state index contributed by atoms with van der Waals surface area (Å²) >= 11 is 0. The lowest BCUT2D eigenvalue weighted by Crippen LogP contribution is -2.41. The second-order valence-electron chi connectivity index (χ2n) is 6.47. The molecule has 1 atom stereocenters. The lowest BCUT2D eigenvalue weighted by molar-refractivity contribution is -0.133. The van der Waals surface area contributed by atoms with E-state index >= 15 is 0 Å². The number of likely N-dealkylation sites (tertiary alicyclic amines) is 1. The lowest BCUT2D eigenvalue weighted by atomic mass is 10.1. The number of carbonyl (C=O) groups is 2. The second-order valence-corrected chi connectivity index (χ2v) is 6.47. The molecule has 2 aliphatic heterocycles. The van der Waals surface area contributed by atoms with Crippen LogP contribution < -0.4 is 14.8 Å². The van der Waals surface area contributed by atoms with E-state index in [1.165, 1.54) is 0 Å². The van der Waals surface area contributed by atoms with Crippen LogP contribution in [0.1, 0.15) is 24.0 Å². The molecule has 1 saturated heterocycles. The number of nitrogens with zero attached hydrogens (tertiary/aromatic N) is 2. The van der Waals surface area contributed by atoms with E-state index in [1.54, 1.807) is 17.2 Å². The van der Waals surface area contributed by atoms with Gasteiger partial charge in [0.1, 0.15) is 11.9 Å². The molecule has 1 aromatic heterocycles. The summed E-state index contributed by atoms with van der Waals surface area (Å²) in [5.74, 6) is 1.61. The van der Waals surface area contributed by atoms with Gasteiger partial charge in [-0.2, -0.15) is 0 Å². The first kappa shape index (κ1) is 16.4. The Balaban J connectivity index is 1.48. The molecular formula is C19H19N3O4. The number of nitrogens with one attached hydrogen (secondary N) is 1. The van der Waals surface area contributed by atoms with Crippen molar-refractivity contribution < 1.29 is 19.1 Å². The van der Waals surface area contributed by atoms with E-state index in [2.05, 4.69) is 10.3 Å². The van der Waals surface area contributed by atoms with Gasteiger partial charge in [0.2, 0.25) is 18.6 Å². The van der Waals surface area contributed by atoms with Crippen LogP contribution in [0.3, 0.4) is 0 Å². The Labute approximate surface area is 150 Å². The Morgan fingerprint density at radius 2 is 2.12 bits per heavy atom. The van der Waals surface area contributed by atoms with Crippen molar-refractivity contribution in [2.24, 2.45) is 0 Å². The number of aryl methyl sites for hydroxylation is 1. The molecular weight excluding hydrogens is 334 g/mol. The molecule has 2 aliphatic rings. The molecule has 2 aromatic rings. The van der Waals surface area contributed by atoms with Crippen molar-refractivity contribution in [3.05, 3.63) is 47.7 Å². The first-order valence-corrected chi connectivity index (χ1v) is 8.52. The Kier molecular flexibility index (Phi) is 4.20. The van der Waals surface area contributed by atoms with Crippen molar-refractivity contribution in [2.75, 3.05) is 12.1 Å². The van der Waals surface area contributed by atoms with Gasteiger partial charge in [0.15, 0.2) is 11.5 Å². The minimum Gasteiger partial charge on any atom is -0.454 e. The van der Waals surface area contributed by atoms with Gasteiger partial charge >= 0.3 is 0 Å². The van der Waals surface area contributed by atoms with Gasteiger partial charge in [-0.15, -0.1) is 0 Å². The number of carbonyl (C=O) groups excluding carboxylic acids is 2. The first-order chi connectivity index (χ1) is 12.6. The highest BCUT2D eigenvalue weighted by Crippen LogP contribution is 2.33. The third-order valence-electron chi connectivity index (χ3n) is 4.58. The maximum atomic E-state index is 12.6. The van der Waals surface area contributed by atoms with E-state index in [-0.39, 0.29) is 18.6 Å². The predicted molar refractivity (Wildman–Crippen MR) is 93.7 cm³/mol. The zero-order valence-electron chi connectivity index (χ0n) is 14.4. The molecule has 4 rings (SSSR count). The number of ether oxygens (including phenoxy) is 2. The Morgan fingerprint density at radius 3 is 2.92 bits per heavy atom. The van der Waals surface area contributed by atoms with Gasteiger partial charge in [-0.1, -0.05) is 12.1 Å². The Bertz CT molecular complexity index is 850. The van der Waals surface area contributed by atoms with E-state index in [0.717, 1.165) is 11.1 Å². The third kappa shape index (κ3) is 3.20. The number of hydrogen-bond donors (Lipinski definition) is 1. The molecule has 0 aliphatic carbocycles. The number of hydrogen-bond acceptors (Lipinski definition) is 5. The maximum absolute atomic E-state index is 12.6. The van der Waals surface area contributed by atoms with Crippen molar-refractivity contribution in [2.45, 2.75) is 32.4 Å². The summed E-state index contributed by atoms with van der Waals surface area (Å²) in [5, 5.41) is 2.80. The van der Waals surface area contributed by atoms with Crippen LogP contribution >= 0.6 is 0 Å². The summed E-state index contributed by atoms with van der Waals surface area (Å²) in [6.45, 7) is 2.49. The fourth-order valence-electron chi connectivity index (χ4n) is 3.19. The van der Waals surface area contributed by atoms with Crippen LogP contribution in [0.25, 0.3) is 0 Å². The molecule has 3 heterocycles. The quantitative estimate of drug-likeness (QED) is 0.912. The molecule has 0 saturated carbocycles. The molecule has 26 heavy (non-hydrogen) atoms. The van der Waals surface area contributed by atoms with Crippen LogP contribution in [0.2, 0.25) is 0 Å². The number of benzene rings is 1. The highest BCUT2D eigenvalue weighted by Gasteiger charge is 2.36. The van der Waals surface area contributed by atoms with Gasteiger partial charge in [-0.05, 0) is 42.7 Å². The summed E-state index contributed by atoms with van der Waals surface area (Å²) in [6, 6.07) is 8.69. The van der Waals surface area contributed by atoms with Crippen molar-refractivity contribution >= 4 is 17.6 Å². The molecule has 0 bridgehead atoms. The van der Waals surface area contributed by atoms with Crippen molar-refractivity contribution in [3.8, 4) is 11.5 Å². The number of pyridine rings is 1. The van der Waals surface area contributed by atoms with Crippen LogP contribution in [0, 0.1) is 6.92 Å².